The van der Waals surface area contributed by atoms with Crippen LogP contribution in [-0.4, -0.2) is 120 Å². The standard InChI is InChI=1S/C45H61ClN12O10/c1-58(50)26-31(48)22-37(56-38(61)18-11-27-5-12-30(46)13-6-27)45(68)57-36(21-29-9-16-33(60)17-10-29)44(67)53-25-41(64)54-34(4-2-3-19-47)43(66)52-23-39(62)51-24-40(63)55-35(42(49)65)20-28-7-14-32(59)15-8-28/h5-10,12-17,26,34-37,59-60H,2-4,11,18-25,47-48,50H2,1H3,(H2,49,65)(H,51,62)(H,52,66)(H,53,67)(H,54,64)(H,55,63)(H,56,61)(H,57,68)/b31-26-. The van der Waals surface area contributed by atoms with E-state index in [0.29, 0.717) is 42.0 Å². The van der Waals surface area contributed by atoms with Crippen LogP contribution in [-0.2, 0) is 57.6 Å². The molecule has 3 aromatic carbocycles. The molecule has 3 rings (SSSR count). The van der Waals surface area contributed by atoms with Crippen molar-refractivity contribution in [3.05, 3.63) is 106 Å². The molecule has 0 aliphatic rings. The van der Waals surface area contributed by atoms with Gasteiger partial charge in [-0.25, -0.2) is 5.84 Å². The highest BCUT2D eigenvalue weighted by Gasteiger charge is 2.29. The summed E-state index contributed by atoms with van der Waals surface area (Å²) in [4.78, 5) is 104. The van der Waals surface area contributed by atoms with Crippen molar-refractivity contribution < 1.29 is 48.6 Å². The van der Waals surface area contributed by atoms with Crippen LogP contribution in [0.15, 0.2) is 84.7 Å². The number of primary amides is 1. The number of nitrogens with zero attached hydrogens (tertiary/aromatic N) is 1. The minimum absolute atomic E-state index is 0.000133. The highest BCUT2D eigenvalue weighted by molar-refractivity contribution is 6.30. The molecule has 68 heavy (non-hydrogen) atoms. The molecule has 0 saturated carbocycles. The van der Waals surface area contributed by atoms with E-state index in [1.165, 1.54) is 54.7 Å². The van der Waals surface area contributed by atoms with Gasteiger partial charge in [0, 0.05) is 49.7 Å². The molecule has 4 atom stereocenters. The van der Waals surface area contributed by atoms with Crippen molar-refractivity contribution in [1.82, 2.24) is 42.2 Å². The van der Waals surface area contributed by atoms with Crippen molar-refractivity contribution in [3.63, 3.8) is 0 Å². The number of amides is 8. The number of phenolic OH excluding ortho intramolecular Hbond substituents is 2. The van der Waals surface area contributed by atoms with Crippen LogP contribution in [0.1, 0.15) is 48.8 Å². The van der Waals surface area contributed by atoms with Crippen molar-refractivity contribution in [2.24, 2.45) is 23.0 Å². The van der Waals surface area contributed by atoms with Crippen LogP contribution in [0.5, 0.6) is 11.5 Å². The zero-order chi connectivity index (χ0) is 50.2. The molecule has 17 N–H and O–H groups in total. The maximum atomic E-state index is 13.9. The van der Waals surface area contributed by atoms with Crippen molar-refractivity contribution >= 4 is 58.9 Å². The fraction of sp³-hybridized carbons (Fsp3) is 0.378. The maximum absolute atomic E-state index is 13.9. The Morgan fingerprint density at radius 2 is 1.09 bits per heavy atom. The zero-order valence-electron chi connectivity index (χ0n) is 37.6. The molecular weight excluding hydrogens is 904 g/mol. The molecule has 0 heterocycles. The van der Waals surface area contributed by atoms with Crippen molar-refractivity contribution in [2.75, 3.05) is 33.2 Å². The summed E-state index contributed by atoms with van der Waals surface area (Å²) in [5.74, 6) is -0.294. The van der Waals surface area contributed by atoms with E-state index in [4.69, 9.17) is 34.6 Å². The molecule has 0 fully saturated rings. The predicted octanol–water partition coefficient (Wildman–Crippen LogP) is -1.93. The van der Waals surface area contributed by atoms with Gasteiger partial charge in [0.2, 0.25) is 47.3 Å². The van der Waals surface area contributed by atoms with Crippen molar-refractivity contribution in [2.45, 2.75) is 75.5 Å². The van der Waals surface area contributed by atoms with Gasteiger partial charge in [-0.05, 0) is 85.3 Å². The molecule has 0 aromatic heterocycles. The van der Waals surface area contributed by atoms with Crippen molar-refractivity contribution in [3.8, 4) is 11.5 Å². The molecule has 0 bridgehead atoms. The molecule has 3 aromatic rings. The van der Waals surface area contributed by atoms with Crippen molar-refractivity contribution in [1.29, 1.82) is 0 Å². The molecule has 0 aliphatic carbocycles. The number of nitrogens with one attached hydrogen (secondary N) is 7. The number of hydrogen-bond donors (Lipinski definition) is 13. The number of nitrogens with two attached hydrogens (primary N) is 4. The van der Waals surface area contributed by atoms with E-state index < -0.39 is 91.1 Å². The highest BCUT2D eigenvalue weighted by atomic mass is 35.5. The van der Waals surface area contributed by atoms with Crippen LogP contribution < -0.4 is 60.3 Å². The molecule has 22 nitrogen and oxygen atoms in total. The lowest BCUT2D eigenvalue weighted by molar-refractivity contribution is -0.133. The average Bonchev–Trinajstić information content (AvgIpc) is 3.29. The van der Waals surface area contributed by atoms with Gasteiger partial charge >= 0.3 is 0 Å². The summed E-state index contributed by atoms with van der Waals surface area (Å²) in [6.07, 6.45) is 2.41. The van der Waals surface area contributed by atoms with Gasteiger partial charge in [-0.3, -0.25) is 38.4 Å². The van der Waals surface area contributed by atoms with Gasteiger partial charge in [0.05, 0.1) is 19.6 Å². The number of carbonyl (C=O) groups excluding carboxylic acids is 8. The third kappa shape index (κ3) is 21.3. The number of carbonyl (C=O) groups is 8. The van der Waals surface area contributed by atoms with Gasteiger partial charge in [-0.2, -0.15) is 0 Å². The second kappa shape index (κ2) is 28.6. The van der Waals surface area contributed by atoms with Gasteiger partial charge in [0.25, 0.3) is 0 Å². The minimum atomic E-state index is -1.33. The van der Waals surface area contributed by atoms with E-state index in [-0.39, 0.29) is 49.3 Å². The van der Waals surface area contributed by atoms with Gasteiger partial charge < -0.3 is 69.6 Å². The largest absolute Gasteiger partial charge is 0.508 e. The number of hydrogen-bond acceptors (Lipinski definition) is 14. The summed E-state index contributed by atoms with van der Waals surface area (Å²) >= 11 is 5.97. The zero-order valence-corrected chi connectivity index (χ0v) is 38.4. The SMILES string of the molecule is CN(N)/C=C(\N)CC(NC(=O)CCc1ccc(Cl)cc1)C(=O)NC(Cc1ccc(O)cc1)C(=O)NCC(=O)NC(CCCCN)C(=O)NCC(=O)NCC(=O)NC(Cc1ccc(O)cc1)C(N)=O. The number of rotatable bonds is 28. The van der Waals surface area contributed by atoms with E-state index in [2.05, 4.69) is 37.2 Å². The third-order valence-electron chi connectivity index (χ3n) is 9.97. The molecule has 0 saturated heterocycles. The van der Waals surface area contributed by atoms with E-state index in [1.54, 1.807) is 36.4 Å². The highest BCUT2D eigenvalue weighted by Crippen LogP contribution is 2.14. The van der Waals surface area contributed by atoms with Crippen LogP contribution in [0.25, 0.3) is 0 Å². The molecular formula is C45H61ClN12O10. The monoisotopic (exact) mass is 964 g/mol. The van der Waals surface area contributed by atoms with Crippen LogP contribution in [0.3, 0.4) is 0 Å². The number of phenols is 2. The first kappa shape index (κ1) is 54.9. The Hall–Kier alpha value is -7.43. The van der Waals surface area contributed by atoms with E-state index in [1.807, 2.05) is 0 Å². The number of benzene rings is 3. The maximum Gasteiger partial charge on any atom is 0.243 e. The first-order chi connectivity index (χ1) is 32.3. The smallest absolute Gasteiger partial charge is 0.243 e. The number of hydrazine groups is 1. The summed E-state index contributed by atoms with van der Waals surface area (Å²) < 4.78 is 0. The number of aromatic hydroxyl groups is 2. The number of halogens is 1. The van der Waals surface area contributed by atoms with Crippen LogP contribution in [0.4, 0.5) is 0 Å². The Morgan fingerprint density at radius 3 is 1.63 bits per heavy atom. The first-order valence-electron chi connectivity index (χ1n) is 21.6. The number of unbranched alkanes of at least 4 members (excludes halogenated alkanes) is 1. The minimum Gasteiger partial charge on any atom is -0.508 e. The molecule has 0 spiro atoms. The summed E-state index contributed by atoms with van der Waals surface area (Å²) in [5, 5.41) is 38.5. The second-order valence-electron chi connectivity index (χ2n) is 15.8. The lowest BCUT2D eigenvalue weighted by Gasteiger charge is -2.24. The summed E-state index contributed by atoms with van der Waals surface area (Å²) in [5.41, 5.74) is 19.3. The summed E-state index contributed by atoms with van der Waals surface area (Å²) in [6.45, 7) is -1.51. The van der Waals surface area contributed by atoms with Gasteiger partial charge in [0.15, 0.2) is 0 Å². The van der Waals surface area contributed by atoms with E-state index in [9.17, 15) is 48.6 Å². The fourth-order valence-electron chi connectivity index (χ4n) is 6.45. The molecule has 368 valence electrons. The van der Waals surface area contributed by atoms with Gasteiger partial charge in [0.1, 0.15) is 35.7 Å². The fourth-order valence-corrected chi connectivity index (χ4v) is 6.58. The lowest BCUT2D eigenvalue weighted by atomic mass is 10.0. The Labute approximate surface area is 398 Å². The van der Waals surface area contributed by atoms with Crippen LogP contribution >= 0.6 is 11.6 Å². The van der Waals surface area contributed by atoms with E-state index >= 15 is 0 Å². The lowest BCUT2D eigenvalue weighted by Crippen LogP contribution is -2.56. The van der Waals surface area contributed by atoms with Gasteiger partial charge in [-0.15, -0.1) is 0 Å². The van der Waals surface area contributed by atoms with Gasteiger partial charge in [-0.1, -0.05) is 48.0 Å². The molecule has 4 unspecified atom stereocenters. The first-order valence-corrected chi connectivity index (χ1v) is 21.9. The Balaban J connectivity index is 1.64. The molecule has 0 aliphatic heterocycles. The van der Waals surface area contributed by atoms with Crippen LogP contribution in [0.2, 0.25) is 5.02 Å². The third-order valence-corrected chi connectivity index (χ3v) is 10.2. The number of aryl methyl sites for hydroxylation is 1. The normalized spacial score (nSPS) is 12.8. The summed E-state index contributed by atoms with van der Waals surface area (Å²) in [6, 6.07) is 13.8. The Morgan fingerprint density at radius 1 is 0.603 bits per heavy atom. The van der Waals surface area contributed by atoms with Crippen LogP contribution in [0, 0.1) is 0 Å². The average molecular weight is 966 g/mol. The summed E-state index contributed by atoms with van der Waals surface area (Å²) in [7, 11) is 1.51. The molecule has 0 radical (unpaired) electrons. The van der Waals surface area contributed by atoms with E-state index in [0.717, 1.165) is 5.56 Å². The molecule has 23 heteroatoms. The molecule has 8 amide bonds. The Kier molecular flexibility index (Phi) is 23.1. The topological polar surface area (TPSA) is 369 Å². The predicted molar refractivity (Wildman–Crippen MR) is 251 cm³/mol. The quantitative estimate of drug-likeness (QED) is 0.0214. The Bertz CT molecular complexity index is 2210. The second-order valence-corrected chi connectivity index (χ2v) is 16.2.